The molecule has 3 rings (SSSR count). The van der Waals surface area contributed by atoms with Crippen molar-refractivity contribution in [1.29, 1.82) is 0 Å². The van der Waals surface area contributed by atoms with Gasteiger partial charge >= 0.3 is 5.97 Å². The number of likely N-dealkylation sites (tertiary alicyclic amines) is 1. The van der Waals surface area contributed by atoms with Crippen LogP contribution in [0.2, 0.25) is 0 Å². The van der Waals surface area contributed by atoms with E-state index in [-0.39, 0.29) is 18.4 Å². The van der Waals surface area contributed by atoms with E-state index < -0.39 is 11.4 Å². The molecule has 1 N–H and O–H groups in total. The third-order valence-corrected chi connectivity index (χ3v) is 4.86. The highest BCUT2D eigenvalue weighted by Crippen LogP contribution is 2.38. The Morgan fingerprint density at radius 2 is 2.13 bits per heavy atom. The molecule has 1 aliphatic rings. The zero-order valence-electron chi connectivity index (χ0n) is 13.5. The van der Waals surface area contributed by atoms with E-state index in [4.69, 9.17) is 0 Å². The van der Waals surface area contributed by atoms with Crippen LogP contribution >= 0.6 is 0 Å². The van der Waals surface area contributed by atoms with Gasteiger partial charge in [-0.2, -0.15) is 5.10 Å². The molecule has 0 saturated carbocycles. The van der Waals surface area contributed by atoms with Crippen LogP contribution in [-0.2, 0) is 4.79 Å². The number of aliphatic carboxylic acids is 1. The highest BCUT2D eigenvalue weighted by molar-refractivity contribution is 6.00. The summed E-state index contributed by atoms with van der Waals surface area (Å²) < 4.78 is 1.56. The maximum Gasteiger partial charge on any atom is 0.311 e. The first kappa shape index (κ1) is 15.5. The second kappa shape index (κ2) is 5.33. The molecule has 0 bridgehead atoms. The fraction of sp³-hybridized carbons (Fsp3) is 0.500. The van der Waals surface area contributed by atoms with Gasteiger partial charge in [0.1, 0.15) is 5.56 Å². The molecule has 1 aliphatic heterocycles. The summed E-state index contributed by atoms with van der Waals surface area (Å²) in [5.74, 6) is -1.08. The minimum absolute atomic E-state index is 0.0397. The molecule has 122 valence electrons. The molecule has 7 nitrogen and oxygen atoms in total. The van der Waals surface area contributed by atoms with Gasteiger partial charge in [0.2, 0.25) is 0 Å². The highest BCUT2D eigenvalue weighted by atomic mass is 16.4. The smallest absolute Gasteiger partial charge is 0.311 e. The van der Waals surface area contributed by atoms with Crippen molar-refractivity contribution in [3.05, 3.63) is 29.7 Å². The Balaban J connectivity index is 1.92. The minimum Gasteiger partial charge on any atom is -0.481 e. The Hall–Kier alpha value is -2.44. The Morgan fingerprint density at radius 1 is 1.39 bits per heavy atom. The Bertz CT molecular complexity index is 783. The van der Waals surface area contributed by atoms with Crippen LogP contribution in [0.5, 0.6) is 0 Å². The summed E-state index contributed by atoms with van der Waals surface area (Å²) >= 11 is 0. The largest absolute Gasteiger partial charge is 0.481 e. The van der Waals surface area contributed by atoms with E-state index in [0.717, 1.165) is 5.69 Å². The van der Waals surface area contributed by atoms with Gasteiger partial charge in [0, 0.05) is 25.0 Å². The third kappa shape index (κ3) is 2.36. The van der Waals surface area contributed by atoms with Gasteiger partial charge in [0.25, 0.3) is 5.91 Å². The normalized spacial score (nSPS) is 21.3. The molecule has 1 saturated heterocycles. The third-order valence-electron chi connectivity index (χ3n) is 4.86. The second-order valence-electron chi connectivity index (χ2n) is 6.49. The van der Waals surface area contributed by atoms with Crippen LogP contribution in [0.4, 0.5) is 0 Å². The molecule has 2 aromatic rings. The number of rotatable bonds is 3. The number of fused-ring (bicyclic) bond motifs is 1. The molecule has 0 aliphatic carbocycles. The van der Waals surface area contributed by atoms with Crippen LogP contribution in [0.1, 0.15) is 36.3 Å². The lowest BCUT2D eigenvalue weighted by molar-refractivity contribution is -0.150. The van der Waals surface area contributed by atoms with Gasteiger partial charge in [-0.1, -0.05) is 13.8 Å². The van der Waals surface area contributed by atoms with Crippen molar-refractivity contribution < 1.29 is 14.7 Å². The van der Waals surface area contributed by atoms with E-state index >= 15 is 0 Å². The lowest BCUT2D eigenvalue weighted by atomic mass is 9.76. The van der Waals surface area contributed by atoms with Crippen molar-refractivity contribution in [3.8, 4) is 0 Å². The van der Waals surface area contributed by atoms with Crippen LogP contribution in [0.15, 0.2) is 18.5 Å². The molecule has 7 heteroatoms. The zero-order chi connectivity index (χ0) is 16.8. The molecule has 0 aromatic carbocycles. The summed E-state index contributed by atoms with van der Waals surface area (Å²) in [5.41, 5.74) is 0.851. The Labute approximate surface area is 133 Å². The average molecular weight is 316 g/mol. The molecule has 1 amide bonds. The standard InChI is InChI=1S/C16H20N4O3/c1-10(2)16(15(22)23)5-7-19(9-16)14(21)12-8-17-20-6-4-11(3)18-13(12)20/h4,6,8,10H,5,7,9H2,1-3H3,(H,22,23). The molecule has 1 unspecified atom stereocenters. The molecule has 23 heavy (non-hydrogen) atoms. The van der Waals surface area contributed by atoms with Crippen molar-refractivity contribution in [2.45, 2.75) is 27.2 Å². The second-order valence-corrected chi connectivity index (χ2v) is 6.49. The maximum absolute atomic E-state index is 12.8. The highest BCUT2D eigenvalue weighted by Gasteiger charge is 2.48. The van der Waals surface area contributed by atoms with Gasteiger partial charge in [-0.25, -0.2) is 9.50 Å². The monoisotopic (exact) mass is 316 g/mol. The van der Waals surface area contributed by atoms with Gasteiger partial charge in [-0.05, 0) is 25.3 Å². The summed E-state index contributed by atoms with van der Waals surface area (Å²) in [7, 11) is 0. The molecule has 0 spiro atoms. The molecule has 3 heterocycles. The Morgan fingerprint density at radius 3 is 2.74 bits per heavy atom. The number of carboxylic acid groups (broad SMARTS) is 1. The van der Waals surface area contributed by atoms with Gasteiger partial charge in [-0.15, -0.1) is 0 Å². The van der Waals surface area contributed by atoms with Gasteiger partial charge < -0.3 is 10.0 Å². The van der Waals surface area contributed by atoms with Crippen molar-refractivity contribution in [3.63, 3.8) is 0 Å². The van der Waals surface area contributed by atoms with E-state index in [0.29, 0.717) is 24.2 Å². The van der Waals surface area contributed by atoms with Crippen molar-refractivity contribution in [2.24, 2.45) is 11.3 Å². The molecule has 2 aromatic heterocycles. The van der Waals surface area contributed by atoms with Gasteiger partial charge in [0.15, 0.2) is 5.65 Å². The number of hydrogen-bond donors (Lipinski definition) is 1. The summed E-state index contributed by atoms with van der Waals surface area (Å²) in [4.78, 5) is 30.5. The summed E-state index contributed by atoms with van der Waals surface area (Å²) in [6.07, 6.45) is 3.73. The zero-order valence-corrected chi connectivity index (χ0v) is 13.5. The predicted octanol–water partition coefficient (Wildman–Crippen LogP) is 1.61. The topological polar surface area (TPSA) is 87.8 Å². The fourth-order valence-corrected chi connectivity index (χ4v) is 3.18. The van der Waals surface area contributed by atoms with Crippen LogP contribution < -0.4 is 0 Å². The van der Waals surface area contributed by atoms with E-state index in [1.54, 1.807) is 15.6 Å². The predicted molar refractivity (Wildman–Crippen MR) is 83.2 cm³/mol. The lowest BCUT2D eigenvalue weighted by Crippen LogP contribution is -2.40. The quantitative estimate of drug-likeness (QED) is 0.929. The first-order chi connectivity index (χ1) is 10.8. The number of amides is 1. The van der Waals surface area contributed by atoms with Crippen molar-refractivity contribution in [1.82, 2.24) is 19.5 Å². The lowest BCUT2D eigenvalue weighted by Gasteiger charge is -2.28. The summed E-state index contributed by atoms with van der Waals surface area (Å²) in [6, 6.07) is 1.82. The first-order valence-electron chi connectivity index (χ1n) is 7.69. The van der Waals surface area contributed by atoms with E-state index in [1.165, 1.54) is 6.20 Å². The number of nitrogens with zero attached hydrogens (tertiary/aromatic N) is 4. The SMILES string of the molecule is Cc1ccn2ncc(C(=O)N3CCC(C(=O)O)(C(C)C)C3)c2n1. The molecule has 1 fully saturated rings. The number of carbonyl (C=O) groups is 2. The molecular weight excluding hydrogens is 296 g/mol. The van der Waals surface area contributed by atoms with Gasteiger partial charge in [-0.3, -0.25) is 9.59 Å². The Kier molecular flexibility index (Phi) is 3.58. The van der Waals surface area contributed by atoms with Crippen molar-refractivity contribution >= 4 is 17.5 Å². The number of aromatic nitrogens is 3. The summed E-state index contributed by atoms with van der Waals surface area (Å²) in [5, 5.41) is 13.8. The number of hydrogen-bond acceptors (Lipinski definition) is 4. The number of carbonyl (C=O) groups excluding carboxylic acids is 1. The maximum atomic E-state index is 12.8. The number of carboxylic acids is 1. The van der Waals surface area contributed by atoms with Gasteiger partial charge in [0.05, 0.1) is 11.6 Å². The van der Waals surface area contributed by atoms with Crippen LogP contribution in [-0.4, -0.2) is 49.6 Å². The molecule has 0 radical (unpaired) electrons. The number of aryl methyl sites for hydroxylation is 1. The molecular formula is C16H20N4O3. The van der Waals surface area contributed by atoms with Crippen LogP contribution in [0.3, 0.4) is 0 Å². The van der Waals surface area contributed by atoms with Crippen LogP contribution in [0.25, 0.3) is 5.65 Å². The minimum atomic E-state index is -0.873. The first-order valence-corrected chi connectivity index (χ1v) is 7.69. The average Bonchev–Trinajstić information content (AvgIpc) is 3.11. The van der Waals surface area contributed by atoms with E-state index in [1.807, 2.05) is 26.8 Å². The molecule has 1 atom stereocenters. The fourth-order valence-electron chi connectivity index (χ4n) is 3.18. The van der Waals surface area contributed by atoms with Crippen molar-refractivity contribution in [2.75, 3.05) is 13.1 Å². The summed E-state index contributed by atoms with van der Waals surface area (Å²) in [6.45, 7) is 6.30. The van der Waals surface area contributed by atoms with E-state index in [9.17, 15) is 14.7 Å². The van der Waals surface area contributed by atoms with Crippen LogP contribution in [0, 0.1) is 18.3 Å². The van der Waals surface area contributed by atoms with E-state index in [2.05, 4.69) is 10.1 Å².